The first-order valence-corrected chi connectivity index (χ1v) is 7.07. The Hall–Kier alpha value is -1.27. The fraction of sp³-hybridized carbons (Fsp3) is 0.643. The van der Waals surface area contributed by atoms with E-state index in [4.69, 9.17) is 4.74 Å². The van der Waals surface area contributed by atoms with E-state index in [1.54, 1.807) is 0 Å². The summed E-state index contributed by atoms with van der Waals surface area (Å²) in [6.45, 7) is 3.89. The van der Waals surface area contributed by atoms with Gasteiger partial charge in [-0.1, -0.05) is 0 Å². The number of rotatable bonds is 2. The number of halogens is 2. The number of alkyl halides is 1. The predicted molar refractivity (Wildman–Crippen MR) is 72.1 cm³/mol. The predicted octanol–water partition coefficient (Wildman–Crippen LogP) is 1.61. The van der Waals surface area contributed by atoms with Crippen LogP contribution in [0.25, 0.3) is 0 Å². The van der Waals surface area contributed by atoms with Gasteiger partial charge in [0.1, 0.15) is 11.5 Å². The van der Waals surface area contributed by atoms with Crippen molar-refractivity contribution < 1.29 is 13.5 Å². The molecule has 20 heavy (non-hydrogen) atoms. The van der Waals surface area contributed by atoms with Crippen LogP contribution in [0.2, 0.25) is 0 Å². The Morgan fingerprint density at radius 3 is 2.65 bits per heavy atom. The molecule has 3 heterocycles. The van der Waals surface area contributed by atoms with Crippen LogP contribution in [0, 0.1) is 5.82 Å². The van der Waals surface area contributed by atoms with Crippen molar-refractivity contribution in [1.82, 2.24) is 10.3 Å². The molecule has 0 aromatic carbocycles. The molecule has 0 bridgehead atoms. The summed E-state index contributed by atoms with van der Waals surface area (Å²) in [6, 6.07) is 1.41. The molecule has 0 amide bonds. The Kier molecular flexibility index (Phi) is 3.85. The van der Waals surface area contributed by atoms with E-state index in [1.807, 2.05) is 4.90 Å². The Balaban J connectivity index is 1.96. The van der Waals surface area contributed by atoms with Crippen LogP contribution in [0.1, 0.15) is 18.5 Å². The van der Waals surface area contributed by atoms with E-state index < -0.39 is 11.5 Å². The second kappa shape index (κ2) is 5.61. The van der Waals surface area contributed by atoms with Gasteiger partial charge in [-0.2, -0.15) is 0 Å². The van der Waals surface area contributed by atoms with Crippen molar-refractivity contribution in [2.45, 2.75) is 18.5 Å². The third-order valence-corrected chi connectivity index (χ3v) is 4.00. The molecule has 2 fully saturated rings. The van der Waals surface area contributed by atoms with Crippen molar-refractivity contribution in [3.05, 3.63) is 23.8 Å². The van der Waals surface area contributed by atoms with E-state index in [-0.39, 0.29) is 12.8 Å². The maximum atomic E-state index is 15.1. The number of aromatic nitrogens is 1. The molecule has 0 atom stereocenters. The first kappa shape index (κ1) is 13.7. The van der Waals surface area contributed by atoms with Crippen LogP contribution < -0.4 is 10.2 Å². The molecule has 0 saturated carbocycles. The molecule has 2 saturated heterocycles. The number of piperazine rings is 1. The lowest BCUT2D eigenvalue weighted by atomic mass is 9.90. The number of pyridine rings is 1. The fourth-order valence-corrected chi connectivity index (χ4v) is 2.85. The molecule has 3 rings (SSSR count). The van der Waals surface area contributed by atoms with Crippen LogP contribution in [-0.2, 0) is 10.4 Å². The van der Waals surface area contributed by atoms with Gasteiger partial charge in [-0.15, -0.1) is 0 Å². The zero-order chi connectivity index (χ0) is 14.0. The highest BCUT2D eigenvalue weighted by molar-refractivity contribution is 5.53. The lowest BCUT2D eigenvalue weighted by molar-refractivity contribution is -0.0136. The van der Waals surface area contributed by atoms with Crippen molar-refractivity contribution in [2.24, 2.45) is 0 Å². The molecule has 0 radical (unpaired) electrons. The minimum absolute atomic E-state index is 0.282. The van der Waals surface area contributed by atoms with Gasteiger partial charge in [-0.3, -0.25) is 4.98 Å². The van der Waals surface area contributed by atoms with Gasteiger partial charge >= 0.3 is 0 Å². The minimum atomic E-state index is -1.51. The normalized spacial score (nSPS) is 22.8. The van der Waals surface area contributed by atoms with Gasteiger partial charge in [0.2, 0.25) is 0 Å². The van der Waals surface area contributed by atoms with E-state index in [0.29, 0.717) is 24.6 Å². The molecule has 6 heteroatoms. The Morgan fingerprint density at radius 1 is 1.25 bits per heavy atom. The molecular formula is C14H19F2N3O. The standard InChI is InChI=1S/C14H19F2N3O/c15-11-9-12(19-5-3-17-4-6-19)13(18-10-11)14(16)1-7-20-8-2-14/h9-10,17H,1-8H2. The van der Waals surface area contributed by atoms with E-state index in [9.17, 15) is 4.39 Å². The smallest absolute Gasteiger partial charge is 0.159 e. The second-order valence-electron chi connectivity index (χ2n) is 5.34. The molecule has 1 N–H and O–H groups in total. The SMILES string of the molecule is Fc1cnc(C2(F)CCOCC2)c(N2CCNCC2)c1. The van der Waals surface area contributed by atoms with Crippen molar-refractivity contribution in [3.8, 4) is 0 Å². The number of ether oxygens (including phenoxy) is 1. The van der Waals surface area contributed by atoms with Gasteiger partial charge in [0.05, 0.1) is 25.1 Å². The van der Waals surface area contributed by atoms with Gasteiger partial charge in [0.15, 0.2) is 5.67 Å². The van der Waals surface area contributed by atoms with Crippen LogP contribution in [0.4, 0.5) is 14.5 Å². The zero-order valence-corrected chi connectivity index (χ0v) is 11.4. The molecule has 2 aliphatic heterocycles. The third kappa shape index (κ3) is 2.62. The first-order chi connectivity index (χ1) is 9.69. The van der Waals surface area contributed by atoms with Crippen LogP contribution in [-0.4, -0.2) is 44.4 Å². The third-order valence-electron chi connectivity index (χ3n) is 4.00. The quantitative estimate of drug-likeness (QED) is 0.895. The van der Waals surface area contributed by atoms with Gasteiger partial charge < -0.3 is 15.0 Å². The molecule has 4 nitrogen and oxygen atoms in total. The van der Waals surface area contributed by atoms with Crippen LogP contribution in [0.15, 0.2) is 12.3 Å². The molecule has 1 aromatic rings. The number of nitrogens with zero attached hydrogens (tertiary/aromatic N) is 2. The number of hydrogen-bond acceptors (Lipinski definition) is 4. The minimum Gasteiger partial charge on any atom is -0.381 e. The average Bonchev–Trinajstić information content (AvgIpc) is 2.48. The maximum absolute atomic E-state index is 15.1. The second-order valence-corrected chi connectivity index (χ2v) is 5.34. The highest BCUT2D eigenvalue weighted by Crippen LogP contribution is 2.40. The van der Waals surface area contributed by atoms with E-state index in [0.717, 1.165) is 32.4 Å². The van der Waals surface area contributed by atoms with Crippen molar-refractivity contribution in [1.29, 1.82) is 0 Å². The van der Waals surface area contributed by atoms with E-state index in [1.165, 1.54) is 6.07 Å². The largest absolute Gasteiger partial charge is 0.381 e. The lowest BCUT2D eigenvalue weighted by Gasteiger charge is -2.35. The van der Waals surface area contributed by atoms with Gasteiger partial charge in [-0.25, -0.2) is 8.78 Å². The van der Waals surface area contributed by atoms with Gasteiger partial charge in [0, 0.05) is 45.1 Å². The molecule has 1 aromatic heterocycles. The fourth-order valence-electron chi connectivity index (χ4n) is 2.85. The molecule has 110 valence electrons. The first-order valence-electron chi connectivity index (χ1n) is 7.07. The highest BCUT2D eigenvalue weighted by Gasteiger charge is 2.39. The summed E-state index contributed by atoms with van der Waals surface area (Å²) in [5, 5.41) is 3.24. The molecule has 0 spiro atoms. The van der Waals surface area contributed by atoms with Crippen LogP contribution in [0.3, 0.4) is 0 Å². The van der Waals surface area contributed by atoms with Crippen LogP contribution in [0.5, 0.6) is 0 Å². The molecule has 0 aliphatic carbocycles. The molecule has 0 unspecified atom stereocenters. The summed E-state index contributed by atoms with van der Waals surface area (Å²) in [5.41, 5.74) is -0.549. The van der Waals surface area contributed by atoms with Gasteiger partial charge in [-0.05, 0) is 0 Å². The summed E-state index contributed by atoms with van der Waals surface area (Å²) >= 11 is 0. The Morgan fingerprint density at radius 2 is 1.95 bits per heavy atom. The lowest BCUT2D eigenvalue weighted by Crippen LogP contribution is -2.45. The summed E-state index contributed by atoms with van der Waals surface area (Å²) in [6.07, 6.45) is 1.67. The topological polar surface area (TPSA) is 37.4 Å². The van der Waals surface area contributed by atoms with Crippen molar-refractivity contribution in [2.75, 3.05) is 44.3 Å². The maximum Gasteiger partial charge on any atom is 0.159 e. The van der Waals surface area contributed by atoms with E-state index in [2.05, 4.69) is 10.3 Å². The summed E-state index contributed by atoms with van der Waals surface area (Å²) < 4.78 is 33.9. The summed E-state index contributed by atoms with van der Waals surface area (Å²) in [4.78, 5) is 6.09. The van der Waals surface area contributed by atoms with E-state index >= 15 is 4.39 Å². The Bertz CT molecular complexity index is 471. The van der Waals surface area contributed by atoms with Crippen molar-refractivity contribution >= 4 is 5.69 Å². The van der Waals surface area contributed by atoms with Crippen molar-refractivity contribution in [3.63, 3.8) is 0 Å². The van der Waals surface area contributed by atoms with Crippen LogP contribution >= 0.6 is 0 Å². The van der Waals surface area contributed by atoms with Gasteiger partial charge in [0.25, 0.3) is 0 Å². The highest BCUT2D eigenvalue weighted by atomic mass is 19.1. The number of hydrogen-bond donors (Lipinski definition) is 1. The average molecular weight is 283 g/mol. The molecule has 2 aliphatic rings. The number of anilines is 1. The summed E-state index contributed by atoms with van der Waals surface area (Å²) in [7, 11) is 0. The monoisotopic (exact) mass is 283 g/mol. The Labute approximate surface area is 117 Å². The zero-order valence-electron chi connectivity index (χ0n) is 11.4. The molecular weight excluding hydrogens is 264 g/mol. The summed E-state index contributed by atoms with van der Waals surface area (Å²) in [5.74, 6) is -0.419. The number of nitrogens with one attached hydrogen (secondary N) is 1.